The Morgan fingerprint density at radius 1 is 1.32 bits per heavy atom. The molecule has 1 heterocycles. The van der Waals surface area contributed by atoms with Gasteiger partial charge in [-0.05, 0) is 44.4 Å². The molecule has 1 saturated carbocycles. The van der Waals surface area contributed by atoms with E-state index in [1.807, 2.05) is 26.0 Å². The monoisotopic (exact) mass is 387 g/mol. The molecule has 7 atom stereocenters. The number of aliphatic hydroxyl groups excluding tert-OH is 2. The number of likely N-dealkylation sites (N-methyl/N-ethyl adjacent to an activating group) is 1. The van der Waals surface area contributed by atoms with Crippen molar-refractivity contribution < 1.29 is 19.8 Å². The van der Waals surface area contributed by atoms with Crippen LogP contribution in [0.3, 0.4) is 0 Å². The molecule has 1 aliphatic heterocycles. The summed E-state index contributed by atoms with van der Waals surface area (Å²) < 4.78 is 0. The van der Waals surface area contributed by atoms with E-state index in [1.165, 1.54) is 18.9 Å². The molecule has 0 aromatic rings. The van der Waals surface area contributed by atoms with Gasteiger partial charge in [0.05, 0.1) is 6.10 Å². The number of allylic oxidation sites excluding steroid dienone is 5. The highest BCUT2D eigenvalue weighted by atomic mass is 16.3. The van der Waals surface area contributed by atoms with E-state index < -0.39 is 29.3 Å². The van der Waals surface area contributed by atoms with E-state index in [0.717, 1.165) is 19.3 Å². The Labute approximate surface area is 167 Å². The number of carbonyl (C=O) groups excluding carboxylic acids is 2. The van der Waals surface area contributed by atoms with Crippen molar-refractivity contribution in [2.24, 2.45) is 29.1 Å². The van der Waals surface area contributed by atoms with Gasteiger partial charge < -0.3 is 15.1 Å². The zero-order valence-corrected chi connectivity index (χ0v) is 17.6. The fourth-order valence-electron chi connectivity index (χ4n) is 5.66. The number of ketones is 1. The van der Waals surface area contributed by atoms with Crippen LogP contribution in [0.5, 0.6) is 0 Å². The number of hydrogen-bond acceptors (Lipinski definition) is 4. The second-order valence-electron chi connectivity index (χ2n) is 9.10. The SMILES string of the molecule is C/C=C/[C@@H]1C=C[C@@H]2C[C@@H](C)CC[C@@H]2[C@]1(C)/C(O)=C1/C(=O)C(C(C)O)N(C)C1=O. The number of hydrogen-bond donors (Lipinski definition) is 2. The van der Waals surface area contributed by atoms with Crippen molar-refractivity contribution in [3.63, 3.8) is 0 Å². The van der Waals surface area contributed by atoms with Crippen molar-refractivity contribution in [1.29, 1.82) is 0 Å². The molecule has 1 amide bonds. The summed E-state index contributed by atoms with van der Waals surface area (Å²) in [5.74, 6) is -0.0388. The maximum absolute atomic E-state index is 13.0. The molecule has 2 aliphatic carbocycles. The molecule has 0 radical (unpaired) electrons. The lowest BCUT2D eigenvalue weighted by atomic mass is 9.54. The lowest BCUT2D eigenvalue weighted by molar-refractivity contribution is -0.128. The molecule has 3 aliphatic rings. The third-order valence-corrected chi connectivity index (χ3v) is 7.26. The van der Waals surface area contributed by atoms with E-state index in [0.29, 0.717) is 11.8 Å². The molecule has 1 saturated heterocycles. The van der Waals surface area contributed by atoms with Crippen molar-refractivity contribution >= 4 is 11.7 Å². The molecular formula is C23H33NO4. The minimum atomic E-state index is -0.986. The summed E-state index contributed by atoms with van der Waals surface area (Å²) >= 11 is 0. The largest absolute Gasteiger partial charge is 0.511 e. The Morgan fingerprint density at radius 3 is 2.57 bits per heavy atom. The average molecular weight is 388 g/mol. The smallest absolute Gasteiger partial charge is 0.261 e. The molecule has 28 heavy (non-hydrogen) atoms. The van der Waals surface area contributed by atoms with Crippen LogP contribution in [0, 0.1) is 29.1 Å². The van der Waals surface area contributed by atoms with Gasteiger partial charge in [0, 0.05) is 18.4 Å². The minimum absolute atomic E-state index is 0.0869. The summed E-state index contributed by atoms with van der Waals surface area (Å²) in [6.07, 6.45) is 10.5. The number of Topliss-reactive ketones (excluding diaryl/α,β-unsaturated/α-hetero) is 1. The molecule has 5 heteroatoms. The molecule has 2 fully saturated rings. The first kappa shape index (κ1) is 20.8. The zero-order valence-electron chi connectivity index (χ0n) is 17.6. The van der Waals surface area contributed by atoms with Crippen molar-refractivity contribution in [3.8, 4) is 0 Å². The van der Waals surface area contributed by atoms with E-state index in [4.69, 9.17) is 0 Å². The standard InChI is InChI=1S/C23H33NO4/c1-6-7-16-10-9-15-12-13(2)8-11-17(15)23(16,4)21(27)18-20(26)19(14(3)25)24(5)22(18)28/h6-7,9-10,13-17,19,25,27H,8,11-12H2,1-5H3/b7-6+,21-18+/t13-,14?,15+,16+,17-,19?,23+/m0/s1. The van der Waals surface area contributed by atoms with Gasteiger partial charge in [0.15, 0.2) is 5.78 Å². The highest BCUT2D eigenvalue weighted by Crippen LogP contribution is 2.56. The summed E-state index contributed by atoms with van der Waals surface area (Å²) in [4.78, 5) is 27.1. The van der Waals surface area contributed by atoms with E-state index in [1.54, 1.807) is 0 Å². The van der Waals surface area contributed by atoms with Crippen molar-refractivity contribution in [1.82, 2.24) is 4.90 Å². The molecule has 0 spiro atoms. The van der Waals surface area contributed by atoms with Gasteiger partial charge >= 0.3 is 0 Å². The molecule has 0 bridgehead atoms. The van der Waals surface area contributed by atoms with Crippen LogP contribution in [-0.2, 0) is 9.59 Å². The Bertz CT molecular complexity index is 750. The third-order valence-electron chi connectivity index (χ3n) is 7.26. The molecule has 0 aromatic heterocycles. The highest BCUT2D eigenvalue weighted by Gasteiger charge is 2.54. The van der Waals surface area contributed by atoms with Gasteiger partial charge in [0.1, 0.15) is 17.4 Å². The van der Waals surface area contributed by atoms with Gasteiger partial charge in [-0.2, -0.15) is 0 Å². The number of aliphatic hydroxyl groups is 2. The van der Waals surface area contributed by atoms with Crippen molar-refractivity contribution in [2.45, 2.75) is 59.1 Å². The summed E-state index contributed by atoms with van der Waals surface area (Å²) in [5.41, 5.74) is -0.862. The fourth-order valence-corrected chi connectivity index (χ4v) is 5.66. The second kappa shape index (κ2) is 7.51. The Kier molecular flexibility index (Phi) is 5.59. The van der Waals surface area contributed by atoms with E-state index >= 15 is 0 Å². The molecule has 5 nitrogen and oxygen atoms in total. The molecular weight excluding hydrogens is 354 g/mol. The van der Waals surface area contributed by atoms with E-state index in [2.05, 4.69) is 19.1 Å². The molecule has 0 aromatic carbocycles. The summed E-state index contributed by atoms with van der Waals surface area (Å²) in [7, 11) is 1.51. The van der Waals surface area contributed by atoms with Crippen LogP contribution in [0.2, 0.25) is 0 Å². The van der Waals surface area contributed by atoms with Crippen molar-refractivity contribution in [2.75, 3.05) is 7.05 Å². The predicted molar refractivity (Wildman–Crippen MR) is 108 cm³/mol. The van der Waals surface area contributed by atoms with Crippen LogP contribution in [-0.4, -0.2) is 46.0 Å². The minimum Gasteiger partial charge on any atom is -0.511 e. The summed E-state index contributed by atoms with van der Waals surface area (Å²) in [6, 6.07) is -0.935. The first-order valence-corrected chi connectivity index (χ1v) is 10.4. The fraction of sp³-hybridized carbons (Fsp3) is 0.652. The molecule has 2 unspecified atom stereocenters. The number of amides is 1. The normalized spacial score (nSPS) is 41.5. The first-order valence-electron chi connectivity index (χ1n) is 10.4. The van der Waals surface area contributed by atoms with Crippen LogP contribution >= 0.6 is 0 Å². The quantitative estimate of drug-likeness (QED) is 0.337. The average Bonchev–Trinajstić information content (AvgIpc) is 2.85. The van der Waals surface area contributed by atoms with Crippen LogP contribution in [0.25, 0.3) is 0 Å². The Morgan fingerprint density at radius 2 is 2.00 bits per heavy atom. The van der Waals surface area contributed by atoms with Crippen molar-refractivity contribution in [3.05, 3.63) is 35.6 Å². The maximum atomic E-state index is 13.0. The van der Waals surface area contributed by atoms with Crippen LogP contribution in [0.1, 0.15) is 47.0 Å². The lowest BCUT2D eigenvalue weighted by Crippen LogP contribution is -2.45. The zero-order chi connectivity index (χ0) is 20.8. The summed E-state index contributed by atoms with van der Waals surface area (Å²) in [5, 5.41) is 21.5. The second-order valence-corrected chi connectivity index (χ2v) is 9.10. The maximum Gasteiger partial charge on any atom is 0.261 e. The summed E-state index contributed by atoms with van der Waals surface area (Å²) in [6.45, 7) is 7.69. The van der Waals surface area contributed by atoms with Gasteiger partial charge in [0.2, 0.25) is 0 Å². The number of carbonyl (C=O) groups is 2. The topological polar surface area (TPSA) is 77.8 Å². The van der Waals surface area contributed by atoms with E-state index in [9.17, 15) is 19.8 Å². The third kappa shape index (κ3) is 3.04. The highest BCUT2D eigenvalue weighted by molar-refractivity contribution is 6.27. The first-order chi connectivity index (χ1) is 13.1. The van der Waals surface area contributed by atoms with Crippen LogP contribution < -0.4 is 0 Å². The number of fused-ring (bicyclic) bond motifs is 1. The van der Waals surface area contributed by atoms with Gasteiger partial charge in [-0.1, -0.05) is 44.6 Å². The Balaban J connectivity index is 2.14. The predicted octanol–water partition coefficient (Wildman–Crippen LogP) is 3.41. The van der Waals surface area contributed by atoms with Crippen LogP contribution in [0.4, 0.5) is 0 Å². The number of likely N-dealkylation sites (tertiary alicyclic amines) is 1. The van der Waals surface area contributed by atoms with E-state index in [-0.39, 0.29) is 23.2 Å². The number of rotatable bonds is 3. The van der Waals surface area contributed by atoms with Gasteiger partial charge in [-0.3, -0.25) is 9.59 Å². The van der Waals surface area contributed by atoms with Gasteiger partial charge in [0.25, 0.3) is 5.91 Å². The van der Waals surface area contributed by atoms with Gasteiger partial charge in [-0.15, -0.1) is 0 Å². The molecule has 154 valence electrons. The van der Waals surface area contributed by atoms with Gasteiger partial charge in [-0.25, -0.2) is 0 Å². The Hall–Kier alpha value is -1.88. The molecule has 3 rings (SSSR count). The lowest BCUT2D eigenvalue weighted by Gasteiger charge is -2.50. The number of nitrogens with zero attached hydrogens (tertiary/aromatic N) is 1. The van der Waals surface area contributed by atoms with Crippen LogP contribution in [0.15, 0.2) is 35.6 Å². The molecule has 2 N–H and O–H groups in total.